The molecular formula is C33H40Cl2N2O. The van der Waals surface area contributed by atoms with Crippen molar-refractivity contribution in [2.45, 2.75) is 32.6 Å². The van der Waals surface area contributed by atoms with E-state index in [4.69, 9.17) is 23.2 Å². The van der Waals surface area contributed by atoms with Gasteiger partial charge in [0.15, 0.2) is 0 Å². The topological polar surface area (TPSA) is 23.6 Å². The van der Waals surface area contributed by atoms with E-state index in [0.717, 1.165) is 32.7 Å². The highest BCUT2D eigenvalue weighted by atomic mass is 35.5. The van der Waals surface area contributed by atoms with E-state index in [1.807, 2.05) is 48.2 Å². The van der Waals surface area contributed by atoms with Gasteiger partial charge in [-0.2, -0.15) is 0 Å². The Kier molecular flexibility index (Phi) is 12.4. The molecule has 1 unspecified atom stereocenters. The number of hydrogen-bond donors (Lipinski definition) is 0. The Labute approximate surface area is 239 Å². The van der Waals surface area contributed by atoms with Gasteiger partial charge in [-0.05, 0) is 68.3 Å². The number of likely N-dealkylation sites (tertiary alicyclic amines) is 2. The smallest absolute Gasteiger partial charge is 0.255 e. The Morgan fingerprint density at radius 2 is 1.45 bits per heavy atom. The van der Waals surface area contributed by atoms with Crippen molar-refractivity contribution < 1.29 is 4.79 Å². The van der Waals surface area contributed by atoms with Crippen molar-refractivity contribution in [3.05, 3.63) is 119 Å². The van der Waals surface area contributed by atoms with Crippen LogP contribution in [0.25, 0.3) is 0 Å². The summed E-state index contributed by atoms with van der Waals surface area (Å²) >= 11 is 12.4. The van der Waals surface area contributed by atoms with Crippen LogP contribution in [0.15, 0.2) is 97.6 Å². The van der Waals surface area contributed by atoms with Gasteiger partial charge in [0.2, 0.25) is 0 Å². The van der Waals surface area contributed by atoms with Crippen LogP contribution in [0.1, 0.15) is 48.5 Å². The average molecular weight is 552 g/mol. The summed E-state index contributed by atoms with van der Waals surface area (Å²) in [7, 11) is 0. The molecule has 1 amide bonds. The second-order valence-corrected chi connectivity index (χ2v) is 10.9. The van der Waals surface area contributed by atoms with Crippen molar-refractivity contribution in [3.63, 3.8) is 0 Å². The lowest BCUT2D eigenvalue weighted by Gasteiger charge is -2.34. The van der Waals surface area contributed by atoms with Gasteiger partial charge in [0, 0.05) is 19.6 Å². The number of benzene rings is 3. The first kappa shape index (κ1) is 30.0. The number of amides is 1. The van der Waals surface area contributed by atoms with Gasteiger partial charge in [0.1, 0.15) is 0 Å². The van der Waals surface area contributed by atoms with Crippen molar-refractivity contribution >= 4 is 29.1 Å². The van der Waals surface area contributed by atoms with Gasteiger partial charge < -0.3 is 9.80 Å². The van der Waals surface area contributed by atoms with Crippen molar-refractivity contribution in [3.8, 4) is 0 Å². The summed E-state index contributed by atoms with van der Waals surface area (Å²) in [6.07, 6.45) is 4.18. The molecule has 202 valence electrons. The molecule has 38 heavy (non-hydrogen) atoms. The van der Waals surface area contributed by atoms with Crippen LogP contribution in [0.5, 0.6) is 0 Å². The molecule has 2 heterocycles. The van der Waals surface area contributed by atoms with E-state index in [-0.39, 0.29) is 5.91 Å². The summed E-state index contributed by atoms with van der Waals surface area (Å²) in [5, 5.41) is 0.792. The van der Waals surface area contributed by atoms with Crippen LogP contribution < -0.4 is 0 Å². The fourth-order valence-electron chi connectivity index (χ4n) is 5.17. The largest absolute Gasteiger partial charge is 0.338 e. The molecule has 3 aromatic rings. The third-order valence-electron chi connectivity index (χ3n) is 7.26. The minimum atomic E-state index is -0.00497. The highest BCUT2D eigenvalue weighted by Gasteiger charge is 2.35. The fraction of sp³-hybridized carbons (Fsp3) is 0.364. The number of halogens is 2. The molecule has 2 aliphatic rings. The van der Waals surface area contributed by atoms with E-state index in [1.165, 1.54) is 18.4 Å². The molecule has 0 spiro atoms. The summed E-state index contributed by atoms with van der Waals surface area (Å²) < 4.78 is 0. The van der Waals surface area contributed by atoms with Crippen molar-refractivity contribution in [1.82, 2.24) is 9.80 Å². The third-order valence-corrected chi connectivity index (χ3v) is 8.07. The normalized spacial score (nSPS) is 19.5. The van der Waals surface area contributed by atoms with Crippen LogP contribution in [-0.4, -0.2) is 48.4 Å². The number of hydrogen-bond acceptors (Lipinski definition) is 2. The third kappa shape index (κ3) is 8.73. The number of piperidine rings is 1. The lowest BCUT2D eigenvalue weighted by atomic mass is 9.88. The van der Waals surface area contributed by atoms with Crippen molar-refractivity contribution in [1.29, 1.82) is 0 Å². The maximum absolute atomic E-state index is 13.0. The molecule has 0 saturated carbocycles. The van der Waals surface area contributed by atoms with E-state index in [2.05, 4.69) is 48.7 Å². The second kappa shape index (κ2) is 15.7. The van der Waals surface area contributed by atoms with Crippen LogP contribution in [0.4, 0.5) is 0 Å². The highest BCUT2D eigenvalue weighted by molar-refractivity contribution is 6.43. The zero-order valence-electron chi connectivity index (χ0n) is 22.6. The zero-order chi connectivity index (χ0) is 27.3. The SMILES string of the molecule is C=CC.CC1CN(C(=O)c2cccc(Cl)c2Cl)C[C@@H]1CN1CCC(c2ccccc2)CC1.c1ccccc1. The van der Waals surface area contributed by atoms with Crippen LogP contribution in [0.2, 0.25) is 10.0 Å². The number of allylic oxidation sites excluding steroid dienone is 1. The molecule has 0 aromatic heterocycles. The number of nitrogens with zero attached hydrogens (tertiary/aromatic N) is 2. The Morgan fingerprint density at radius 1 is 0.895 bits per heavy atom. The first-order valence-electron chi connectivity index (χ1n) is 13.5. The lowest BCUT2D eigenvalue weighted by Crippen LogP contribution is -2.38. The van der Waals surface area contributed by atoms with Crippen LogP contribution >= 0.6 is 23.2 Å². The Bertz CT molecular complexity index is 1090. The fourth-order valence-corrected chi connectivity index (χ4v) is 5.55. The second-order valence-electron chi connectivity index (χ2n) is 10.1. The first-order valence-corrected chi connectivity index (χ1v) is 14.3. The molecule has 2 atom stereocenters. The quantitative estimate of drug-likeness (QED) is 0.304. The maximum atomic E-state index is 13.0. The minimum Gasteiger partial charge on any atom is -0.338 e. The highest BCUT2D eigenvalue weighted by Crippen LogP contribution is 2.32. The molecule has 0 N–H and O–H groups in total. The maximum Gasteiger partial charge on any atom is 0.255 e. The Hall–Kier alpha value is -2.59. The number of carbonyl (C=O) groups excluding carboxylic acids is 1. The summed E-state index contributed by atoms with van der Waals surface area (Å²) in [4.78, 5) is 17.5. The van der Waals surface area contributed by atoms with Gasteiger partial charge in [-0.1, -0.05) is 109 Å². The molecule has 3 nitrogen and oxygen atoms in total. The minimum absolute atomic E-state index is 0.00497. The Balaban J connectivity index is 0.000000380. The summed E-state index contributed by atoms with van der Waals surface area (Å²) in [6, 6.07) is 28.1. The van der Waals surface area contributed by atoms with Gasteiger partial charge in [0.25, 0.3) is 5.91 Å². The molecule has 2 fully saturated rings. The van der Waals surface area contributed by atoms with Gasteiger partial charge in [-0.15, -0.1) is 6.58 Å². The van der Waals surface area contributed by atoms with E-state index < -0.39 is 0 Å². The van der Waals surface area contributed by atoms with E-state index >= 15 is 0 Å². The van der Waals surface area contributed by atoms with Gasteiger partial charge >= 0.3 is 0 Å². The van der Waals surface area contributed by atoms with E-state index in [0.29, 0.717) is 33.4 Å². The van der Waals surface area contributed by atoms with Crippen LogP contribution in [0, 0.1) is 11.8 Å². The average Bonchev–Trinajstić information content (AvgIpc) is 3.32. The molecule has 5 rings (SSSR count). The number of carbonyl (C=O) groups is 1. The van der Waals surface area contributed by atoms with Crippen LogP contribution in [-0.2, 0) is 0 Å². The molecule has 0 bridgehead atoms. The first-order chi connectivity index (χ1) is 18.4. The van der Waals surface area contributed by atoms with Gasteiger partial charge in [-0.25, -0.2) is 0 Å². The lowest BCUT2D eigenvalue weighted by molar-refractivity contribution is 0.0780. The summed E-state index contributed by atoms with van der Waals surface area (Å²) in [5.74, 6) is 1.67. The van der Waals surface area contributed by atoms with Crippen LogP contribution in [0.3, 0.4) is 0 Å². The Morgan fingerprint density at radius 3 is 2.03 bits per heavy atom. The standard InChI is InChI=1S/C24H28Cl2N2O.C6H6.C3H6/c1-17-14-28(24(29)21-8-5-9-22(25)23(21)26)16-20(17)15-27-12-10-19(11-13-27)18-6-3-2-4-7-18;1-2-4-6-5-3-1;1-3-2/h2-9,17,19-20H,10-16H2,1H3;1-6H;3H,1H2,2H3/t17?,20-;;/m0../s1. The molecule has 5 heteroatoms. The molecule has 0 aliphatic carbocycles. The predicted octanol–water partition coefficient (Wildman–Crippen LogP) is 8.46. The molecule has 2 aliphatic heterocycles. The van der Waals surface area contributed by atoms with E-state index in [1.54, 1.807) is 24.3 Å². The molecule has 0 radical (unpaired) electrons. The zero-order valence-corrected chi connectivity index (χ0v) is 24.1. The van der Waals surface area contributed by atoms with E-state index in [9.17, 15) is 4.79 Å². The molecule has 2 saturated heterocycles. The van der Waals surface area contributed by atoms with Gasteiger partial charge in [0.05, 0.1) is 15.6 Å². The monoisotopic (exact) mass is 550 g/mol. The molecular weight excluding hydrogens is 511 g/mol. The summed E-state index contributed by atoms with van der Waals surface area (Å²) in [5.41, 5.74) is 1.98. The van der Waals surface area contributed by atoms with Crippen molar-refractivity contribution in [2.24, 2.45) is 11.8 Å². The molecule has 3 aromatic carbocycles. The van der Waals surface area contributed by atoms with Crippen molar-refractivity contribution in [2.75, 3.05) is 32.7 Å². The van der Waals surface area contributed by atoms with Gasteiger partial charge in [-0.3, -0.25) is 4.79 Å². The predicted molar refractivity (Wildman–Crippen MR) is 162 cm³/mol. The summed E-state index contributed by atoms with van der Waals surface area (Å²) in [6.45, 7) is 12.4. The number of rotatable bonds is 4.